The van der Waals surface area contributed by atoms with E-state index in [1.54, 1.807) is 32.5 Å². The highest BCUT2D eigenvalue weighted by atomic mass is 32.2. The zero-order chi connectivity index (χ0) is 28.1. The van der Waals surface area contributed by atoms with Crippen molar-refractivity contribution in [2.75, 3.05) is 24.3 Å². The lowest BCUT2D eigenvalue weighted by Gasteiger charge is -2.41. The predicted molar refractivity (Wildman–Crippen MR) is 156 cm³/mol. The summed E-state index contributed by atoms with van der Waals surface area (Å²) >= 11 is 0. The van der Waals surface area contributed by atoms with Crippen LogP contribution < -0.4 is 9.64 Å². The van der Waals surface area contributed by atoms with Gasteiger partial charge in [-0.15, -0.1) is 0 Å². The molecule has 1 amide bonds. The number of carbonyl (C=O) groups excluding carboxylic acids is 1. The van der Waals surface area contributed by atoms with E-state index < -0.39 is 9.84 Å². The van der Waals surface area contributed by atoms with Gasteiger partial charge in [0.2, 0.25) is 11.8 Å². The molecule has 0 bridgehead atoms. The van der Waals surface area contributed by atoms with Crippen molar-refractivity contribution >= 4 is 21.4 Å². The van der Waals surface area contributed by atoms with Gasteiger partial charge in [-0.25, -0.2) is 18.4 Å². The van der Waals surface area contributed by atoms with Crippen LogP contribution >= 0.6 is 0 Å². The normalized spacial score (nSPS) is 20.7. The van der Waals surface area contributed by atoms with Crippen LogP contribution in [0.2, 0.25) is 0 Å². The molecule has 8 heteroatoms. The van der Waals surface area contributed by atoms with Crippen molar-refractivity contribution in [3.63, 3.8) is 0 Å². The summed E-state index contributed by atoms with van der Waals surface area (Å²) in [6.07, 6.45) is 8.40. The zero-order valence-electron chi connectivity index (χ0n) is 23.5. The van der Waals surface area contributed by atoms with Crippen LogP contribution in [0.25, 0.3) is 11.1 Å². The summed E-state index contributed by atoms with van der Waals surface area (Å²) in [5, 5.41) is 0. The number of hydrogen-bond donors (Lipinski definition) is 0. The first-order valence-electron chi connectivity index (χ1n) is 14.4. The molecule has 0 radical (unpaired) electrons. The number of nitrogens with zero attached hydrogens (tertiary/aromatic N) is 3. The SMILES string of the molecule is CCS(=O)(=O)c1ccc(CCC(=O)N2CC(C)(C3CCC3)c3cc(-c4c(OC)ncnc4C4CC4)ccc32)cc1. The van der Waals surface area contributed by atoms with Crippen LogP contribution in [0.4, 0.5) is 5.69 Å². The summed E-state index contributed by atoms with van der Waals surface area (Å²) in [4.78, 5) is 25.1. The number of methoxy groups -OCH3 is 1. The first-order chi connectivity index (χ1) is 19.2. The first kappa shape index (κ1) is 26.9. The van der Waals surface area contributed by atoms with Crippen molar-refractivity contribution in [3.8, 4) is 17.0 Å². The average molecular weight is 560 g/mol. The molecule has 1 aliphatic heterocycles. The third kappa shape index (κ3) is 4.70. The molecule has 0 saturated heterocycles. The van der Waals surface area contributed by atoms with Gasteiger partial charge in [0, 0.05) is 30.0 Å². The van der Waals surface area contributed by atoms with Gasteiger partial charge in [-0.1, -0.05) is 38.5 Å². The van der Waals surface area contributed by atoms with Crippen molar-refractivity contribution in [1.29, 1.82) is 0 Å². The number of fused-ring (bicyclic) bond motifs is 1. The van der Waals surface area contributed by atoms with Crippen molar-refractivity contribution in [3.05, 3.63) is 65.6 Å². The Balaban J connectivity index is 1.29. The molecule has 0 N–H and O–H groups in total. The molecule has 7 nitrogen and oxygen atoms in total. The number of carbonyl (C=O) groups is 1. The molecule has 40 heavy (non-hydrogen) atoms. The number of hydrogen-bond acceptors (Lipinski definition) is 6. The van der Waals surface area contributed by atoms with E-state index in [4.69, 9.17) is 4.74 Å². The van der Waals surface area contributed by atoms with Gasteiger partial charge in [-0.3, -0.25) is 4.79 Å². The molecule has 3 aliphatic rings. The molecule has 0 spiro atoms. The summed E-state index contributed by atoms with van der Waals surface area (Å²) in [6, 6.07) is 13.4. The largest absolute Gasteiger partial charge is 0.480 e. The van der Waals surface area contributed by atoms with E-state index in [2.05, 4.69) is 35.1 Å². The zero-order valence-corrected chi connectivity index (χ0v) is 24.3. The van der Waals surface area contributed by atoms with Crippen LogP contribution in [0.5, 0.6) is 5.88 Å². The fourth-order valence-electron chi connectivity index (χ4n) is 6.39. The molecular formula is C32H37N3O4S. The summed E-state index contributed by atoms with van der Waals surface area (Å²) in [5.41, 5.74) is 6.16. The van der Waals surface area contributed by atoms with Crippen LogP contribution in [-0.2, 0) is 26.5 Å². The van der Waals surface area contributed by atoms with Gasteiger partial charge < -0.3 is 9.64 Å². The third-order valence-electron chi connectivity index (χ3n) is 9.27. The summed E-state index contributed by atoms with van der Waals surface area (Å²) in [7, 11) is -1.58. The van der Waals surface area contributed by atoms with E-state index in [1.165, 1.54) is 24.8 Å². The van der Waals surface area contributed by atoms with Crippen LogP contribution in [0.1, 0.15) is 75.1 Å². The van der Waals surface area contributed by atoms with Crippen molar-refractivity contribution in [1.82, 2.24) is 9.97 Å². The monoisotopic (exact) mass is 559 g/mol. The molecule has 2 aromatic carbocycles. The molecule has 2 aliphatic carbocycles. The molecule has 3 aromatic rings. The summed E-state index contributed by atoms with van der Waals surface area (Å²) in [5.74, 6) is 1.77. The van der Waals surface area contributed by atoms with Gasteiger partial charge in [0.1, 0.15) is 6.33 Å². The Bertz CT molecular complexity index is 1540. The maximum atomic E-state index is 13.7. The molecule has 2 saturated carbocycles. The van der Waals surface area contributed by atoms with E-state index in [9.17, 15) is 13.2 Å². The number of aryl methyl sites for hydroxylation is 1. The number of aromatic nitrogens is 2. The molecule has 1 aromatic heterocycles. The molecule has 6 rings (SSSR count). The number of amides is 1. The van der Waals surface area contributed by atoms with E-state index >= 15 is 0 Å². The van der Waals surface area contributed by atoms with Gasteiger partial charge in [-0.05, 0) is 79.0 Å². The quantitative estimate of drug-likeness (QED) is 0.326. The van der Waals surface area contributed by atoms with Crippen LogP contribution in [0, 0.1) is 5.92 Å². The minimum Gasteiger partial charge on any atom is -0.480 e. The number of ether oxygens (including phenoxy) is 1. The minimum absolute atomic E-state index is 0.0760. The fourth-order valence-corrected chi connectivity index (χ4v) is 7.28. The standard InChI is InChI=1S/C32H37N3O4S/c1-4-40(37,38)25-14-8-21(9-15-25)10-17-28(36)35-19-32(2,24-6-5-7-24)26-18-23(13-16-27(26)35)29-30(22-11-12-22)33-20-34-31(29)39-3/h8-9,13-16,18,20,22,24H,4-7,10-12,17,19H2,1-3H3. The van der Waals surface area contributed by atoms with Crippen molar-refractivity contribution in [2.45, 2.75) is 75.0 Å². The maximum Gasteiger partial charge on any atom is 0.227 e. The number of sulfone groups is 1. The van der Waals surface area contributed by atoms with Crippen molar-refractivity contribution < 1.29 is 17.9 Å². The molecular weight excluding hydrogens is 522 g/mol. The van der Waals surface area contributed by atoms with Crippen molar-refractivity contribution in [2.24, 2.45) is 5.92 Å². The number of benzene rings is 2. The molecule has 2 heterocycles. The smallest absolute Gasteiger partial charge is 0.227 e. The maximum absolute atomic E-state index is 13.7. The van der Waals surface area contributed by atoms with E-state index in [0.29, 0.717) is 42.0 Å². The minimum atomic E-state index is -3.23. The second kappa shape index (κ2) is 10.3. The topological polar surface area (TPSA) is 89.5 Å². The predicted octanol–water partition coefficient (Wildman–Crippen LogP) is 5.86. The van der Waals surface area contributed by atoms with Gasteiger partial charge in [0.05, 0.1) is 29.0 Å². The second-order valence-corrected chi connectivity index (χ2v) is 14.0. The number of anilines is 1. The third-order valence-corrected chi connectivity index (χ3v) is 11.0. The van der Waals surface area contributed by atoms with Crippen LogP contribution in [-0.4, -0.2) is 43.7 Å². The highest BCUT2D eigenvalue weighted by Crippen LogP contribution is 2.53. The van der Waals surface area contributed by atoms with Gasteiger partial charge in [0.25, 0.3) is 0 Å². The fraction of sp³-hybridized carbons (Fsp3) is 0.469. The highest BCUT2D eigenvalue weighted by molar-refractivity contribution is 7.91. The lowest BCUT2D eigenvalue weighted by molar-refractivity contribution is -0.118. The summed E-state index contributed by atoms with van der Waals surface area (Å²) in [6.45, 7) is 4.65. The Kier molecular flexibility index (Phi) is 6.93. The molecule has 1 unspecified atom stereocenters. The average Bonchev–Trinajstić information content (AvgIpc) is 3.74. The Morgan fingerprint density at radius 2 is 1.82 bits per heavy atom. The van der Waals surface area contributed by atoms with Crippen LogP contribution in [0.15, 0.2) is 53.7 Å². The second-order valence-electron chi connectivity index (χ2n) is 11.7. The van der Waals surface area contributed by atoms with Gasteiger partial charge in [-0.2, -0.15) is 0 Å². The summed E-state index contributed by atoms with van der Waals surface area (Å²) < 4.78 is 30.0. The lowest BCUT2D eigenvalue weighted by Crippen LogP contribution is -2.42. The van der Waals surface area contributed by atoms with Gasteiger partial charge >= 0.3 is 0 Å². The first-order valence-corrected chi connectivity index (χ1v) is 16.1. The van der Waals surface area contributed by atoms with E-state index in [-0.39, 0.29) is 17.1 Å². The Morgan fingerprint density at radius 1 is 1.07 bits per heavy atom. The Hall–Kier alpha value is -3.26. The lowest BCUT2D eigenvalue weighted by atomic mass is 9.64. The molecule has 210 valence electrons. The Labute approximate surface area is 236 Å². The van der Waals surface area contributed by atoms with Gasteiger partial charge in [0.15, 0.2) is 9.84 Å². The number of rotatable bonds is 9. The van der Waals surface area contributed by atoms with E-state index in [0.717, 1.165) is 40.9 Å². The molecule has 1 atom stereocenters. The van der Waals surface area contributed by atoms with Crippen LogP contribution in [0.3, 0.4) is 0 Å². The van der Waals surface area contributed by atoms with E-state index in [1.807, 2.05) is 17.0 Å². The highest BCUT2D eigenvalue weighted by Gasteiger charge is 2.48. The molecule has 2 fully saturated rings. The Morgan fingerprint density at radius 3 is 2.45 bits per heavy atom.